The molecule has 0 fully saturated rings. The average molecular weight is 877 g/mol. The summed E-state index contributed by atoms with van der Waals surface area (Å²) in [5.41, 5.74) is 28.1. The molecule has 0 aromatic heterocycles. The van der Waals surface area contributed by atoms with Gasteiger partial charge in [-0.3, -0.25) is 0 Å². The molecule has 1 aliphatic heterocycles. The van der Waals surface area contributed by atoms with Crippen molar-refractivity contribution in [1.82, 2.24) is 0 Å². The zero-order valence-electron chi connectivity index (χ0n) is 40.6. The van der Waals surface area contributed by atoms with Crippen molar-refractivity contribution >= 4 is 35.3 Å². The third-order valence-electron chi connectivity index (χ3n) is 15.2. The number of nitrogens with zero attached hydrogens (tertiary/aromatic N) is 1. The van der Waals surface area contributed by atoms with Crippen molar-refractivity contribution in [2.24, 2.45) is 0 Å². The van der Waals surface area contributed by atoms with Crippen LogP contribution < -0.4 is 15.8 Å². The van der Waals surface area contributed by atoms with Gasteiger partial charge < -0.3 is 4.90 Å². The van der Waals surface area contributed by atoms with E-state index in [0.717, 1.165) is 12.8 Å². The van der Waals surface area contributed by atoms with Gasteiger partial charge in [0.05, 0.1) is 0 Å². The molecule has 0 atom stereocenters. The number of fused-ring (bicyclic) bond motifs is 3. The van der Waals surface area contributed by atoms with Crippen LogP contribution in [0.3, 0.4) is 0 Å². The molecule has 11 rings (SSSR count). The molecule has 1 aliphatic carbocycles. The molecule has 0 N–H and O–H groups in total. The topological polar surface area (TPSA) is 3.24 Å². The highest BCUT2D eigenvalue weighted by molar-refractivity contribution is 6.73. The number of hydrogen-bond donors (Lipinski definition) is 0. The molecule has 2 aliphatic rings. The number of anilines is 3. The summed E-state index contributed by atoms with van der Waals surface area (Å²) < 4.78 is 0. The quantitative estimate of drug-likeness (QED) is 0.138. The lowest BCUT2D eigenvalue weighted by atomic mass is 9.57. The van der Waals surface area contributed by atoms with Crippen LogP contribution in [0, 0.1) is 20.8 Å². The van der Waals surface area contributed by atoms with Crippen molar-refractivity contribution in [2.45, 2.75) is 78.6 Å². The van der Waals surface area contributed by atoms with E-state index in [1.165, 1.54) is 129 Å². The number of aryl methyl sites for hydroxylation is 3. The first-order chi connectivity index (χ1) is 32.9. The van der Waals surface area contributed by atoms with Gasteiger partial charge in [-0.15, -0.1) is 0 Å². The number of hydrogen-bond acceptors (Lipinski definition) is 1. The molecule has 1 nitrogen and oxygen atoms in total. The fourth-order valence-electron chi connectivity index (χ4n) is 11.3. The Balaban J connectivity index is 1.19. The maximum Gasteiger partial charge on any atom is 0.197 e. The standard InChI is InChI=1S/C66H59BN/c1-43-19-17-20-44(2)63(43)54-39-56(55-31-29-51(48-24-13-9-14-25-48)38-53(55)37-46-21-18-28-50(36-46)47-22-11-8-12-23-47)64-62(41-54)68(60-32-30-52(40-59(60)67-64)49-26-15-10-16-27-49)61-42-58-57(35-45(61)3)65(4,5)33-34-66(58,6)7/h8-32,35-36,38-42H,33-34,37H2,1-7H3. The molecule has 68 heavy (non-hydrogen) atoms. The fraction of sp³-hybridized carbons (Fsp3) is 0.182. The van der Waals surface area contributed by atoms with Crippen molar-refractivity contribution in [3.8, 4) is 55.6 Å². The van der Waals surface area contributed by atoms with Crippen LogP contribution in [0.1, 0.15) is 79.5 Å². The summed E-state index contributed by atoms with van der Waals surface area (Å²) in [5.74, 6) is 0. The zero-order chi connectivity index (χ0) is 46.7. The summed E-state index contributed by atoms with van der Waals surface area (Å²) in [7, 11) is 2.49. The van der Waals surface area contributed by atoms with Gasteiger partial charge >= 0.3 is 0 Å². The molecule has 0 bridgehead atoms. The van der Waals surface area contributed by atoms with Gasteiger partial charge in [0.1, 0.15) is 0 Å². The summed E-state index contributed by atoms with van der Waals surface area (Å²) >= 11 is 0. The van der Waals surface area contributed by atoms with Crippen molar-refractivity contribution in [3.63, 3.8) is 0 Å². The smallest absolute Gasteiger partial charge is 0.197 e. The molecule has 0 saturated heterocycles. The maximum absolute atomic E-state index is 2.62. The second kappa shape index (κ2) is 17.2. The van der Waals surface area contributed by atoms with E-state index in [2.05, 4.69) is 255 Å². The molecule has 0 amide bonds. The van der Waals surface area contributed by atoms with Gasteiger partial charge in [0.25, 0.3) is 0 Å². The normalized spacial score (nSPS) is 14.4. The first kappa shape index (κ1) is 43.4. The van der Waals surface area contributed by atoms with Gasteiger partial charge in [0.15, 0.2) is 7.28 Å². The summed E-state index contributed by atoms with van der Waals surface area (Å²) in [6.07, 6.45) is 3.13. The molecule has 0 spiro atoms. The number of benzene rings is 9. The minimum Gasteiger partial charge on any atom is -0.311 e. The molecule has 9 aromatic rings. The lowest BCUT2D eigenvalue weighted by Gasteiger charge is -2.44. The zero-order valence-corrected chi connectivity index (χ0v) is 40.6. The van der Waals surface area contributed by atoms with Crippen LogP contribution in [0.5, 0.6) is 0 Å². The first-order valence-corrected chi connectivity index (χ1v) is 24.5. The predicted octanol–water partition coefficient (Wildman–Crippen LogP) is 16.3. The van der Waals surface area contributed by atoms with Crippen molar-refractivity contribution < 1.29 is 0 Å². The molecule has 0 saturated carbocycles. The van der Waals surface area contributed by atoms with Gasteiger partial charge in [0, 0.05) is 17.1 Å². The van der Waals surface area contributed by atoms with E-state index in [1.807, 2.05) is 0 Å². The largest absolute Gasteiger partial charge is 0.311 e. The highest BCUT2D eigenvalue weighted by Gasteiger charge is 2.39. The van der Waals surface area contributed by atoms with E-state index in [1.54, 1.807) is 0 Å². The van der Waals surface area contributed by atoms with Crippen LogP contribution in [-0.4, -0.2) is 7.28 Å². The van der Waals surface area contributed by atoms with Crippen LogP contribution >= 0.6 is 0 Å². The summed E-state index contributed by atoms with van der Waals surface area (Å²) in [5, 5.41) is 0. The van der Waals surface area contributed by atoms with Crippen LogP contribution in [0.4, 0.5) is 17.1 Å². The Morgan fingerprint density at radius 3 is 1.59 bits per heavy atom. The van der Waals surface area contributed by atoms with Crippen molar-refractivity contribution in [3.05, 3.63) is 233 Å². The molecule has 9 aromatic carbocycles. The number of rotatable bonds is 8. The highest BCUT2D eigenvalue weighted by Crippen LogP contribution is 2.50. The maximum atomic E-state index is 2.62. The van der Waals surface area contributed by atoms with E-state index in [0.29, 0.717) is 0 Å². The lowest BCUT2D eigenvalue weighted by Crippen LogP contribution is -2.41. The van der Waals surface area contributed by atoms with Crippen molar-refractivity contribution in [2.75, 3.05) is 4.90 Å². The Morgan fingerprint density at radius 2 is 0.956 bits per heavy atom. The minimum absolute atomic E-state index is 0.0521. The molecule has 331 valence electrons. The molecule has 1 radical (unpaired) electrons. The summed E-state index contributed by atoms with van der Waals surface area (Å²) in [6, 6.07) is 72.7. The van der Waals surface area contributed by atoms with Gasteiger partial charge in [-0.2, -0.15) is 0 Å². The summed E-state index contributed by atoms with van der Waals surface area (Å²) in [6.45, 7) is 16.6. The monoisotopic (exact) mass is 876 g/mol. The van der Waals surface area contributed by atoms with Crippen LogP contribution in [-0.2, 0) is 17.3 Å². The molecule has 1 heterocycles. The lowest BCUT2D eigenvalue weighted by molar-refractivity contribution is 0.332. The van der Waals surface area contributed by atoms with E-state index >= 15 is 0 Å². The summed E-state index contributed by atoms with van der Waals surface area (Å²) in [4.78, 5) is 2.62. The Morgan fingerprint density at radius 1 is 0.412 bits per heavy atom. The SMILES string of the molecule is Cc1cc2c(cc1N1c3ccc(-c4ccccc4)cc3[B]c3c(-c4ccc(-c5ccccc5)cc4Cc4cccc(-c5ccccc5)c4)cc(-c4c(C)cccc4C)cc31)C(C)(C)CCC2(C)C. The van der Waals surface area contributed by atoms with Crippen molar-refractivity contribution in [1.29, 1.82) is 0 Å². The Labute approximate surface area is 405 Å². The Bertz CT molecular complexity index is 3340. The fourth-order valence-corrected chi connectivity index (χ4v) is 11.3. The highest BCUT2D eigenvalue weighted by atomic mass is 15.2. The second-order valence-corrected chi connectivity index (χ2v) is 20.8. The van der Waals surface area contributed by atoms with E-state index in [9.17, 15) is 0 Å². The van der Waals surface area contributed by atoms with Crippen LogP contribution in [0.15, 0.2) is 194 Å². The van der Waals surface area contributed by atoms with E-state index < -0.39 is 0 Å². The Kier molecular flexibility index (Phi) is 11.0. The minimum atomic E-state index is 0.0521. The first-order valence-electron chi connectivity index (χ1n) is 24.5. The van der Waals surface area contributed by atoms with E-state index in [4.69, 9.17) is 0 Å². The average Bonchev–Trinajstić information content (AvgIpc) is 3.35. The van der Waals surface area contributed by atoms with Gasteiger partial charge in [-0.05, 0) is 170 Å². The molecular weight excluding hydrogens is 818 g/mol. The predicted molar refractivity (Wildman–Crippen MR) is 292 cm³/mol. The van der Waals surface area contributed by atoms with Crippen LogP contribution in [0.25, 0.3) is 55.6 Å². The molecular formula is C66H59BN. The third-order valence-corrected chi connectivity index (χ3v) is 15.2. The van der Waals surface area contributed by atoms with Gasteiger partial charge in [-0.1, -0.05) is 208 Å². The molecule has 2 heteroatoms. The third kappa shape index (κ3) is 7.90. The second-order valence-electron chi connectivity index (χ2n) is 20.8. The molecule has 0 unspecified atom stereocenters. The van der Waals surface area contributed by atoms with Gasteiger partial charge in [-0.25, -0.2) is 0 Å². The van der Waals surface area contributed by atoms with Gasteiger partial charge in [0.2, 0.25) is 0 Å². The van der Waals surface area contributed by atoms with Crippen LogP contribution in [0.2, 0.25) is 0 Å². The van der Waals surface area contributed by atoms with E-state index in [-0.39, 0.29) is 10.8 Å². The Hall–Kier alpha value is -7.16.